The summed E-state index contributed by atoms with van der Waals surface area (Å²) in [6.07, 6.45) is 3.25. The summed E-state index contributed by atoms with van der Waals surface area (Å²) in [7, 11) is 3.02. The van der Waals surface area contributed by atoms with Gasteiger partial charge in [0.2, 0.25) is 0 Å². The van der Waals surface area contributed by atoms with Crippen LogP contribution < -0.4 is 0 Å². The van der Waals surface area contributed by atoms with Gasteiger partial charge in [0.25, 0.3) is 0 Å². The summed E-state index contributed by atoms with van der Waals surface area (Å²) < 4.78 is 4.84. The third-order valence-corrected chi connectivity index (χ3v) is 4.54. The molecule has 6 heteroatoms. The van der Waals surface area contributed by atoms with Crippen molar-refractivity contribution < 1.29 is 19.1 Å². The van der Waals surface area contributed by atoms with Crippen molar-refractivity contribution in [3.05, 3.63) is 59.4 Å². The van der Waals surface area contributed by atoms with Gasteiger partial charge in [0.05, 0.1) is 24.4 Å². The first-order chi connectivity index (χ1) is 12.4. The van der Waals surface area contributed by atoms with Gasteiger partial charge in [-0.15, -0.1) is 0 Å². The molecule has 1 aromatic heterocycles. The second kappa shape index (κ2) is 7.00. The Morgan fingerprint density at radius 1 is 1.23 bits per heavy atom. The molecule has 134 valence electrons. The maximum absolute atomic E-state index is 12.8. The zero-order chi connectivity index (χ0) is 18.8. The molecule has 3 rings (SSSR count). The fourth-order valence-electron chi connectivity index (χ4n) is 3.10. The van der Waals surface area contributed by atoms with E-state index in [1.54, 1.807) is 24.2 Å². The topological polar surface area (TPSA) is 79.5 Å². The second-order valence-corrected chi connectivity index (χ2v) is 6.31. The van der Waals surface area contributed by atoms with E-state index >= 15 is 0 Å². The molecule has 0 bridgehead atoms. The third-order valence-electron chi connectivity index (χ3n) is 4.54. The van der Waals surface area contributed by atoms with Crippen LogP contribution in [0.4, 0.5) is 0 Å². The molecule has 1 unspecified atom stereocenters. The lowest BCUT2D eigenvalue weighted by Gasteiger charge is -2.31. The Hall–Kier alpha value is -3.15. The van der Waals surface area contributed by atoms with Crippen molar-refractivity contribution in [1.29, 1.82) is 0 Å². The number of para-hydroxylation sites is 1. The molecule has 1 N–H and O–H groups in total. The van der Waals surface area contributed by atoms with E-state index in [2.05, 4.69) is 4.98 Å². The first kappa shape index (κ1) is 17.7. The van der Waals surface area contributed by atoms with Crippen LogP contribution in [0.5, 0.6) is 0 Å². The molecule has 0 spiro atoms. The van der Waals surface area contributed by atoms with Crippen molar-refractivity contribution in [3.63, 3.8) is 0 Å². The number of benzene rings is 1. The molecule has 1 aliphatic heterocycles. The molecule has 0 saturated heterocycles. The van der Waals surface area contributed by atoms with E-state index in [4.69, 9.17) is 4.74 Å². The number of H-pyrrole nitrogens is 1. The Balaban J connectivity index is 1.89. The van der Waals surface area contributed by atoms with Gasteiger partial charge >= 0.3 is 5.97 Å². The van der Waals surface area contributed by atoms with Crippen LogP contribution in [-0.4, -0.2) is 47.6 Å². The highest BCUT2D eigenvalue weighted by Crippen LogP contribution is 2.25. The number of aromatic amines is 1. The number of hydrogen-bond acceptors (Lipinski definition) is 5. The van der Waals surface area contributed by atoms with E-state index in [1.165, 1.54) is 20.1 Å². The van der Waals surface area contributed by atoms with Gasteiger partial charge in [0.1, 0.15) is 0 Å². The van der Waals surface area contributed by atoms with E-state index in [0.717, 1.165) is 10.9 Å². The maximum atomic E-state index is 12.8. The van der Waals surface area contributed by atoms with Crippen LogP contribution in [0.25, 0.3) is 10.9 Å². The number of ether oxygens (including phenoxy) is 1. The number of likely N-dealkylation sites (N-methyl/N-ethyl adjacent to an activating group) is 1. The minimum absolute atomic E-state index is 0.0892. The fourth-order valence-corrected chi connectivity index (χ4v) is 3.10. The van der Waals surface area contributed by atoms with E-state index in [-0.39, 0.29) is 18.0 Å². The molecule has 0 fully saturated rings. The number of nitrogens with one attached hydrogen (secondary N) is 1. The molecule has 1 aliphatic rings. The summed E-state index contributed by atoms with van der Waals surface area (Å²) in [5, 5.41) is 0.954. The van der Waals surface area contributed by atoms with Gasteiger partial charge in [0, 0.05) is 36.1 Å². The molecule has 2 heterocycles. The van der Waals surface area contributed by atoms with Gasteiger partial charge in [-0.05, 0) is 25.1 Å². The number of allylic oxidation sites excluding steroid dienone is 2. The van der Waals surface area contributed by atoms with Gasteiger partial charge in [-0.1, -0.05) is 18.2 Å². The monoisotopic (exact) mass is 352 g/mol. The summed E-state index contributed by atoms with van der Waals surface area (Å²) in [5.41, 5.74) is 2.08. The van der Waals surface area contributed by atoms with E-state index < -0.39 is 12.0 Å². The zero-order valence-electron chi connectivity index (χ0n) is 14.9. The van der Waals surface area contributed by atoms with Crippen molar-refractivity contribution in [2.75, 3.05) is 14.2 Å². The number of rotatable bonds is 5. The highest BCUT2D eigenvalue weighted by atomic mass is 16.5. The summed E-state index contributed by atoms with van der Waals surface area (Å²) in [6.45, 7) is 1.43. The molecule has 26 heavy (non-hydrogen) atoms. The Morgan fingerprint density at radius 2 is 1.96 bits per heavy atom. The molecule has 2 aromatic rings. The van der Waals surface area contributed by atoms with Crippen molar-refractivity contribution in [1.82, 2.24) is 9.88 Å². The van der Waals surface area contributed by atoms with Crippen LogP contribution in [0.15, 0.2) is 53.8 Å². The molecule has 1 aromatic carbocycles. The predicted molar refractivity (Wildman–Crippen MR) is 97.7 cm³/mol. The van der Waals surface area contributed by atoms with Crippen LogP contribution in [-0.2, 0) is 14.3 Å². The number of ketones is 2. The maximum Gasteiger partial charge on any atom is 0.335 e. The number of fused-ring (bicyclic) bond motifs is 1. The van der Waals surface area contributed by atoms with Crippen LogP contribution in [0.1, 0.15) is 23.8 Å². The summed E-state index contributed by atoms with van der Waals surface area (Å²) in [5.74, 6) is -0.815. The molecule has 0 aliphatic carbocycles. The van der Waals surface area contributed by atoms with Crippen LogP contribution in [0.3, 0.4) is 0 Å². The first-order valence-electron chi connectivity index (χ1n) is 8.26. The van der Waals surface area contributed by atoms with Crippen LogP contribution >= 0.6 is 0 Å². The smallest absolute Gasteiger partial charge is 0.335 e. The van der Waals surface area contributed by atoms with Gasteiger partial charge in [0.15, 0.2) is 11.6 Å². The van der Waals surface area contributed by atoms with Crippen LogP contribution in [0, 0.1) is 0 Å². The minimum atomic E-state index is -0.543. The Kier molecular flexibility index (Phi) is 4.75. The first-order valence-corrected chi connectivity index (χ1v) is 8.26. The predicted octanol–water partition coefficient (Wildman–Crippen LogP) is 2.63. The number of nitrogens with zero attached hydrogens (tertiary/aromatic N) is 1. The van der Waals surface area contributed by atoms with Gasteiger partial charge < -0.3 is 14.6 Å². The molecule has 0 amide bonds. The van der Waals surface area contributed by atoms with E-state index in [1.807, 2.05) is 24.3 Å². The van der Waals surface area contributed by atoms with Crippen molar-refractivity contribution in [2.24, 2.45) is 0 Å². The molecular weight excluding hydrogens is 332 g/mol. The number of carbonyl (C=O) groups is 3. The molecule has 6 nitrogen and oxygen atoms in total. The minimum Gasteiger partial charge on any atom is -0.466 e. The molecule has 0 saturated carbocycles. The Morgan fingerprint density at radius 3 is 2.62 bits per heavy atom. The molecule has 1 atom stereocenters. The summed E-state index contributed by atoms with van der Waals surface area (Å²) >= 11 is 0. The van der Waals surface area contributed by atoms with Crippen molar-refractivity contribution in [3.8, 4) is 0 Å². The van der Waals surface area contributed by atoms with Crippen LogP contribution in [0.2, 0.25) is 0 Å². The average Bonchev–Trinajstić information content (AvgIpc) is 3.06. The SMILES string of the molecule is COC(=O)C1=CC(C(C)=O)=CN(C)C1CC(=O)c1cc2ccccc2[nH]1. The molecule has 0 radical (unpaired) electrons. The van der Waals surface area contributed by atoms with Gasteiger partial charge in [-0.2, -0.15) is 0 Å². The lowest BCUT2D eigenvalue weighted by Crippen LogP contribution is -2.37. The third kappa shape index (κ3) is 3.31. The van der Waals surface area contributed by atoms with Crippen molar-refractivity contribution >= 4 is 28.4 Å². The van der Waals surface area contributed by atoms with Gasteiger partial charge in [-0.25, -0.2) is 4.79 Å². The fraction of sp³-hybridized carbons (Fsp3) is 0.250. The highest BCUT2D eigenvalue weighted by Gasteiger charge is 2.31. The standard InChI is InChI=1S/C20H20N2O4/c1-12(23)14-8-15(20(25)26-3)18(22(2)11-14)10-19(24)17-9-13-6-4-5-7-16(13)21-17/h4-9,11,18,21H,10H2,1-3H3. The van der Waals surface area contributed by atoms with E-state index in [0.29, 0.717) is 16.8 Å². The quantitative estimate of drug-likeness (QED) is 0.661. The number of methoxy groups -OCH3 is 1. The number of hydrogen-bond donors (Lipinski definition) is 1. The van der Waals surface area contributed by atoms with Gasteiger partial charge in [-0.3, -0.25) is 9.59 Å². The summed E-state index contributed by atoms with van der Waals surface area (Å²) in [6, 6.07) is 8.94. The number of carbonyl (C=O) groups excluding carboxylic acids is 3. The Labute approximate surface area is 151 Å². The number of Topliss-reactive ketones (excluding diaryl/α,β-unsaturated/α-hetero) is 2. The lowest BCUT2D eigenvalue weighted by molar-refractivity contribution is -0.136. The average molecular weight is 352 g/mol. The highest BCUT2D eigenvalue weighted by molar-refractivity contribution is 6.03. The van der Waals surface area contributed by atoms with Crippen molar-refractivity contribution in [2.45, 2.75) is 19.4 Å². The summed E-state index contributed by atoms with van der Waals surface area (Å²) in [4.78, 5) is 41.5. The largest absolute Gasteiger partial charge is 0.466 e. The second-order valence-electron chi connectivity index (χ2n) is 6.31. The lowest BCUT2D eigenvalue weighted by atomic mass is 9.93. The molecular formula is C20H20N2O4. The number of esters is 1. The Bertz CT molecular complexity index is 919. The van der Waals surface area contributed by atoms with E-state index in [9.17, 15) is 14.4 Å². The normalized spacial score (nSPS) is 16.9. The zero-order valence-corrected chi connectivity index (χ0v) is 14.9. The number of aromatic nitrogens is 1.